The van der Waals surface area contributed by atoms with Crippen LogP contribution in [0.25, 0.3) is 0 Å². The van der Waals surface area contributed by atoms with E-state index in [4.69, 9.17) is 0 Å². The first-order valence-corrected chi connectivity index (χ1v) is 10.8. The second kappa shape index (κ2) is 7.01. The molecule has 26 heavy (non-hydrogen) atoms. The van der Waals surface area contributed by atoms with Crippen LogP contribution in [0.2, 0.25) is 0 Å². The SMILES string of the molecule is Cc1ccc(S(=O)(=O)N2CC3=C(CCCC3)CC2c2ccccc2)cc1. The van der Waals surface area contributed by atoms with Gasteiger partial charge in [0.15, 0.2) is 0 Å². The molecule has 2 aromatic carbocycles. The minimum Gasteiger partial charge on any atom is -0.207 e. The molecule has 2 aliphatic rings. The van der Waals surface area contributed by atoms with Crippen LogP contribution in [0.5, 0.6) is 0 Å². The van der Waals surface area contributed by atoms with E-state index in [1.165, 1.54) is 24.0 Å². The second-order valence-electron chi connectivity index (χ2n) is 7.41. The number of sulfonamides is 1. The normalized spacial score (nSPS) is 21.5. The first-order valence-electron chi connectivity index (χ1n) is 9.39. The third-order valence-electron chi connectivity index (χ3n) is 5.65. The molecule has 1 unspecified atom stereocenters. The molecule has 4 heteroatoms. The number of hydrogen-bond acceptors (Lipinski definition) is 2. The van der Waals surface area contributed by atoms with Crippen molar-refractivity contribution < 1.29 is 8.42 Å². The zero-order chi connectivity index (χ0) is 18.1. The van der Waals surface area contributed by atoms with Crippen molar-refractivity contribution in [2.75, 3.05) is 6.54 Å². The van der Waals surface area contributed by atoms with Crippen molar-refractivity contribution in [3.8, 4) is 0 Å². The van der Waals surface area contributed by atoms with E-state index in [0.29, 0.717) is 11.4 Å². The molecular weight excluding hydrogens is 342 g/mol. The predicted molar refractivity (Wildman–Crippen MR) is 104 cm³/mol. The highest BCUT2D eigenvalue weighted by Gasteiger charge is 2.37. The maximum absolute atomic E-state index is 13.5. The lowest BCUT2D eigenvalue weighted by Gasteiger charge is -2.39. The fraction of sp³-hybridized carbons (Fsp3) is 0.364. The summed E-state index contributed by atoms with van der Waals surface area (Å²) >= 11 is 0. The summed E-state index contributed by atoms with van der Waals surface area (Å²) in [6.07, 6.45) is 5.39. The number of nitrogens with zero attached hydrogens (tertiary/aromatic N) is 1. The maximum Gasteiger partial charge on any atom is 0.243 e. The van der Waals surface area contributed by atoms with Crippen LogP contribution >= 0.6 is 0 Å². The molecule has 0 N–H and O–H groups in total. The number of aryl methyl sites for hydroxylation is 1. The summed E-state index contributed by atoms with van der Waals surface area (Å²) in [5.41, 5.74) is 4.99. The molecule has 2 aromatic rings. The average molecular weight is 368 g/mol. The molecule has 1 aliphatic carbocycles. The largest absolute Gasteiger partial charge is 0.243 e. The van der Waals surface area contributed by atoms with Crippen LogP contribution in [0.3, 0.4) is 0 Å². The minimum absolute atomic E-state index is 0.112. The van der Waals surface area contributed by atoms with Gasteiger partial charge in [0.25, 0.3) is 0 Å². The molecule has 0 fully saturated rings. The molecule has 0 saturated carbocycles. The summed E-state index contributed by atoms with van der Waals surface area (Å²) in [4.78, 5) is 0.392. The van der Waals surface area contributed by atoms with Crippen LogP contribution < -0.4 is 0 Å². The van der Waals surface area contributed by atoms with E-state index in [1.807, 2.05) is 37.3 Å². The average Bonchev–Trinajstić information content (AvgIpc) is 2.68. The van der Waals surface area contributed by atoms with Crippen LogP contribution in [0.4, 0.5) is 0 Å². The molecular formula is C22H25NO2S. The van der Waals surface area contributed by atoms with Crippen molar-refractivity contribution in [2.45, 2.75) is 50.0 Å². The van der Waals surface area contributed by atoms with Crippen LogP contribution in [0.1, 0.15) is 49.3 Å². The lowest BCUT2D eigenvalue weighted by atomic mass is 9.83. The number of benzene rings is 2. The smallest absolute Gasteiger partial charge is 0.207 e. The van der Waals surface area contributed by atoms with Gasteiger partial charge >= 0.3 is 0 Å². The number of hydrogen-bond donors (Lipinski definition) is 0. The summed E-state index contributed by atoms with van der Waals surface area (Å²) in [7, 11) is -3.53. The van der Waals surface area contributed by atoms with E-state index in [9.17, 15) is 8.42 Å². The van der Waals surface area contributed by atoms with Crippen molar-refractivity contribution in [1.82, 2.24) is 4.31 Å². The first-order chi connectivity index (χ1) is 12.6. The van der Waals surface area contributed by atoms with E-state index in [1.54, 1.807) is 16.4 Å². The topological polar surface area (TPSA) is 37.4 Å². The molecule has 0 aromatic heterocycles. The van der Waals surface area contributed by atoms with Gasteiger partial charge in [-0.05, 0) is 56.7 Å². The maximum atomic E-state index is 13.5. The van der Waals surface area contributed by atoms with Gasteiger partial charge in [-0.2, -0.15) is 4.31 Å². The van der Waals surface area contributed by atoms with Crippen LogP contribution in [-0.4, -0.2) is 19.3 Å². The quantitative estimate of drug-likeness (QED) is 0.716. The Kier molecular flexibility index (Phi) is 4.72. The minimum atomic E-state index is -3.53. The first kappa shape index (κ1) is 17.5. The molecule has 1 heterocycles. The monoisotopic (exact) mass is 367 g/mol. The molecule has 1 aliphatic heterocycles. The summed E-state index contributed by atoms with van der Waals surface area (Å²) in [5, 5.41) is 0. The van der Waals surface area contributed by atoms with Gasteiger partial charge in [-0.15, -0.1) is 0 Å². The Balaban J connectivity index is 1.78. The van der Waals surface area contributed by atoms with E-state index in [2.05, 4.69) is 12.1 Å². The molecule has 0 amide bonds. The second-order valence-corrected chi connectivity index (χ2v) is 9.30. The standard InChI is InChI=1S/C22H25NO2S/c1-17-11-13-21(14-12-17)26(24,25)23-16-20-10-6-5-9-19(20)15-22(23)18-7-3-2-4-8-18/h2-4,7-8,11-14,22H,5-6,9-10,15-16H2,1H3. The Morgan fingerprint density at radius 2 is 1.54 bits per heavy atom. The summed E-state index contributed by atoms with van der Waals surface area (Å²) in [6, 6.07) is 17.2. The van der Waals surface area contributed by atoms with E-state index >= 15 is 0 Å². The van der Waals surface area contributed by atoms with E-state index in [0.717, 1.165) is 30.4 Å². The molecule has 0 radical (unpaired) electrons. The van der Waals surface area contributed by atoms with Gasteiger partial charge in [-0.3, -0.25) is 0 Å². The van der Waals surface area contributed by atoms with Gasteiger partial charge in [0, 0.05) is 6.54 Å². The number of rotatable bonds is 3. The summed E-state index contributed by atoms with van der Waals surface area (Å²) in [6.45, 7) is 2.51. The molecule has 0 bridgehead atoms. The molecule has 4 rings (SSSR count). The van der Waals surface area contributed by atoms with Crippen molar-refractivity contribution in [3.05, 3.63) is 76.9 Å². The molecule has 0 spiro atoms. The Labute approximate surface area is 156 Å². The van der Waals surface area contributed by atoms with Gasteiger partial charge in [-0.1, -0.05) is 59.2 Å². The van der Waals surface area contributed by atoms with E-state index in [-0.39, 0.29) is 6.04 Å². The molecule has 136 valence electrons. The van der Waals surface area contributed by atoms with Crippen molar-refractivity contribution in [1.29, 1.82) is 0 Å². The zero-order valence-corrected chi connectivity index (χ0v) is 16.0. The highest BCUT2D eigenvalue weighted by atomic mass is 32.2. The fourth-order valence-corrected chi connectivity index (χ4v) is 5.77. The van der Waals surface area contributed by atoms with Gasteiger partial charge in [0.1, 0.15) is 0 Å². The summed E-state index contributed by atoms with van der Waals surface area (Å²) in [5.74, 6) is 0. The third kappa shape index (κ3) is 3.24. The van der Waals surface area contributed by atoms with Gasteiger partial charge in [0.05, 0.1) is 10.9 Å². The lowest BCUT2D eigenvalue weighted by molar-refractivity contribution is 0.308. The van der Waals surface area contributed by atoms with E-state index < -0.39 is 10.0 Å². The van der Waals surface area contributed by atoms with Crippen LogP contribution in [-0.2, 0) is 10.0 Å². The van der Waals surface area contributed by atoms with Gasteiger partial charge in [-0.25, -0.2) is 8.42 Å². The van der Waals surface area contributed by atoms with Crippen molar-refractivity contribution in [3.63, 3.8) is 0 Å². The van der Waals surface area contributed by atoms with Gasteiger partial charge < -0.3 is 0 Å². The van der Waals surface area contributed by atoms with Crippen molar-refractivity contribution in [2.24, 2.45) is 0 Å². The Morgan fingerprint density at radius 1 is 0.885 bits per heavy atom. The van der Waals surface area contributed by atoms with Crippen molar-refractivity contribution >= 4 is 10.0 Å². The van der Waals surface area contributed by atoms with Crippen LogP contribution in [0.15, 0.2) is 70.6 Å². The third-order valence-corrected chi connectivity index (χ3v) is 7.52. The highest BCUT2D eigenvalue weighted by Crippen LogP contribution is 2.42. The summed E-state index contributed by atoms with van der Waals surface area (Å²) < 4.78 is 28.7. The fourth-order valence-electron chi connectivity index (χ4n) is 4.16. The lowest BCUT2D eigenvalue weighted by Crippen LogP contribution is -2.40. The Hall–Kier alpha value is -1.91. The van der Waals surface area contributed by atoms with Crippen LogP contribution in [0, 0.1) is 6.92 Å². The predicted octanol–water partition coefficient (Wildman–Crippen LogP) is 5.00. The Bertz CT molecular complexity index is 914. The van der Waals surface area contributed by atoms with Gasteiger partial charge in [0.2, 0.25) is 10.0 Å². The molecule has 0 saturated heterocycles. The Morgan fingerprint density at radius 3 is 2.23 bits per heavy atom. The zero-order valence-electron chi connectivity index (χ0n) is 15.2. The molecule has 3 nitrogen and oxygen atoms in total. The highest BCUT2D eigenvalue weighted by molar-refractivity contribution is 7.89. The molecule has 1 atom stereocenters.